The van der Waals surface area contributed by atoms with Gasteiger partial charge in [-0.05, 0) is 24.1 Å². The fourth-order valence-corrected chi connectivity index (χ4v) is 3.21. The second-order valence-electron chi connectivity index (χ2n) is 6.60. The van der Waals surface area contributed by atoms with Crippen LogP contribution in [0.15, 0.2) is 22.7 Å². The lowest BCUT2D eigenvalue weighted by Crippen LogP contribution is -2.45. The summed E-state index contributed by atoms with van der Waals surface area (Å²) in [5.41, 5.74) is 1.23. The minimum Gasteiger partial charge on any atom is -0.493 e. The first kappa shape index (κ1) is 18.7. The summed E-state index contributed by atoms with van der Waals surface area (Å²) >= 11 is 0. The lowest BCUT2D eigenvalue weighted by atomic mass is 10.1. The molecule has 3 rings (SSSR count). The van der Waals surface area contributed by atoms with Crippen molar-refractivity contribution in [2.45, 2.75) is 32.9 Å². The molecule has 7 nitrogen and oxygen atoms in total. The third-order valence-electron chi connectivity index (χ3n) is 4.66. The minimum absolute atomic E-state index is 0.724. The topological polar surface area (TPSA) is 63.9 Å². The zero-order valence-corrected chi connectivity index (χ0v) is 15.9. The number of aromatic nitrogens is 2. The molecule has 142 valence electrons. The molecule has 0 saturated carbocycles. The second kappa shape index (κ2) is 9.00. The lowest BCUT2D eigenvalue weighted by molar-refractivity contribution is 0.112. The van der Waals surface area contributed by atoms with E-state index in [0.717, 1.165) is 75.3 Å². The van der Waals surface area contributed by atoms with Gasteiger partial charge in [0.1, 0.15) is 0 Å². The van der Waals surface area contributed by atoms with E-state index < -0.39 is 0 Å². The molecule has 0 unspecified atom stereocenters. The van der Waals surface area contributed by atoms with E-state index in [1.165, 1.54) is 5.56 Å². The average Bonchev–Trinajstić information content (AvgIpc) is 3.10. The average molecular weight is 360 g/mol. The Bertz CT molecular complexity index is 696. The smallest absolute Gasteiger partial charge is 0.240 e. The molecule has 1 aliphatic heterocycles. The summed E-state index contributed by atoms with van der Waals surface area (Å²) in [5.74, 6) is 3.09. The first-order valence-corrected chi connectivity index (χ1v) is 9.19. The number of ether oxygens (including phenoxy) is 2. The van der Waals surface area contributed by atoms with Gasteiger partial charge in [-0.25, -0.2) is 0 Å². The number of hydrogen-bond donors (Lipinski definition) is 0. The summed E-state index contributed by atoms with van der Waals surface area (Å²) in [5, 5.41) is 4.03. The molecule has 0 N–H and O–H groups in total. The molecule has 0 aliphatic carbocycles. The van der Waals surface area contributed by atoms with Crippen LogP contribution in [0.4, 0.5) is 0 Å². The Morgan fingerprint density at radius 1 is 1.00 bits per heavy atom. The number of nitrogens with zero attached hydrogens (tertiary/aromatic N) is 4. The Morgan fingerprint density at radius 2 is 1.69 bits per heavy atom. The Kier molecular flexibility index (Phi) is 6.46. The van der Waals surface area contributed by atoms with E-state index in [-0.39, 0.29) is 0 Å². The van der Waals surface area contributed by atoms with E-state index >= 15 is 0 Å². The molecule has 0 atom stereocenters. The molecular formula is C19H28N4O3. The molecule has 1 aliphatic rings. The van der Waals surface area contributed by atoms with Gasteiger partial charge in [0.2, 0.25) is 5.89 Å². The molecule has 1 aromatic heterocycles. The molecule has 1 fully saturated rings. The summed E-state index contributed by atoms with van der Waals surface area (Å²) in [7, 11) is 3.33. The highest BCUT2D eigenvalue weighted by molar-refractivity contribution is 5.42. The van der Waals surface area contributed by atoms with Crippen LogP contribution in [0.2, 0.25) is 0 Å². The van der Waals surface area contributed by atoms with Crippen LogP contribution in [0.3, 0.4) is 0 Å². The third kappa shape index (κ3) is 4.74. The molecule has 7 heteroatoms. The quantitative estimate of drug-likeness (QED) is 0.716. The predicted molar refractivity (Wildman–Crippen MR) is 98.4 cm³/mol. The predicted octanol–water partition coefficient (Wildman–Crippen LogP) is 2.36. The fourth-order valence-electron chi connectivity index (χ4n) is 3.21. The normalized spacial score (nSPS) is 16.0. The van der Waals surface area contributed by atoms with Crippen molar-refractivity contribution in [3.8, 4) is 11.5 Å². The minimum atomic E-state index is 0.724. The van der Waals surface area contributed by atoms with Gasteiger partial charge in [0.15, 0.2) is 17.3 Å². The maximum absolute atomic E-state index is 5.39. The Morgan fingerprint density at radius 3 is 2.35 bits per heavy atom. The summed E-state index contributed by atoms with van der Waals surface area (Å²) < 4.78 is 16.0. The summed E-state index contributed by atoms with van der Waals surface area (Å²) in [6.45, 7) is 7.80. The molecular weight excluding hydrogens is 332 g/mol. The van der Waals surface area contributed by atoms with Crippen molar-refractivity contribution in [2.75, 3.05) is 40.4 Å². The maximum Gasteiger partial charge on any atom is 0.240 e. The van der Waals surface area contributed by atoms with Crippen molar-refractivity contribution < 1.29 is 14.0 Å². The highest BCUT2D eigenvalue weighted by Gasteiger charge is 2.19. The van der Waals surface area contributed by atoms with Crippen LogP contribution in [-0.4, -0.2) is 60.3 Å². The Hall–Kier alpha value is -2.12. The SMILES string of the molecule is CCCc1noc(CN2CCN(Cc3ccc(OC)c(OC)c3)CC2)n1. The van der Waals surface area contributed by atoms with E-state index in [1.54, 1.807) is 14.2 Å². The van der Waals surface area contributed by atoms with E-state index in [0.29, 0.717) is 0 Å². The molecule has 0 amide bonds. The van der Waals surface area contributed by atoms with Gasteiger partial charge >= 0.3 is 0 Å². The zero-order chi connectivity index (χ0) is 18.4. The maximum atomic E-state index is 5.39. The van der Waals surface area contributed by atoms with E-state index in [1.807, 2.05) is 6.07 Å². The number of rotatable bonds is 8. The molecule has 1 saturated heterocycles. The highest BCUT2D eigenvalue weighted by Crippen LogP contribution is 2.28. The largest absolute Gasteiger partial charge is 0.493 e. The van der Waals surface area contributed by atoms with E-state index in [2.05, 4.69) is 39.0 Å². The van der Waals surface area contributed by atoms with E-state index in [9.17, 15) is 0 Å². The van der Waals surface area contributed by atoms with Crippen LogP contribution in [0, 0.1) is 0 Å². The number of methoxy groups -OCH3 is 2. The molecule has 2 heterocycles. The van der Waals surface area contributed by atoms with E-state index in [4.69, 9.17) is 14.0 Å². The number of aryl methyl sites for hydroxylation is 1. The molecule has 26 heavy (non-hydrogen) atoms. The van der Waals surface area contributed by atoms with Crippen molar-refractivity contribution in [3.63, 3.8) is 0 Å². The monoisotopic (exact) mass is 360 g/mol. The molecule has 0 radical (unpaired) electrons. The third-order valence-corrected chi connectivity index (χ3v) is 4.66. The van der Waals surface area contributed by atoms with Crippen LogP contribution >= 0.6 is 0 Å². The lowest BCUT2D eigenvalue weighted by Gasteiger charge is -2.34. The van der Waals surface area contributed by atoms with Gasteiger partial charge in [-0.1, -0.05) is 18.1 Å². The van der Waals surface area contributed by atoms with Gasteiger partial charge in [-0.3, -0.25) is 9.80 Å². The number of piperazine rings is 1. The first-order valence-electron chi connectivity index (χ1n) is 9.19. The van der Waals surface area contributed by atoms with Gasteiger partial charge in [0, 0.05) is 39.1 Å². The van der Waals surface area contributed by atoms with Crippen molar-refractivity contribution in [2.24, 2.45) is 0 Å². The Labute approximate surface area is 154 Å². The molecule has 0 bridgehead atoms. The zero-order valence-electron chi connectivity index (χ0n) is 15.9. The summed E-state index contributed by atoms with van der Waals surface area (Å²) in [6, 6.07) is 6.12. The van der Waals surface area contributed by atoms with Crippen molar-refractivity contribution in [3.05, 3.63) is 35.5 Å². The summed E-state index contributed by atoms with van der Waals surface area (Å²) in [4.78, 5) is 9.28. The van der Waals surface area contributed by atoms with Gasteiger partial charge in [-0.2, -0.15) is 4.98 Å². The van der Waals surface area contributed by atoms with Crippen LogP contribution < -0.4 is 9.47 Å². The molecule has 1 aromatic carbocycles. The van der Waals surface area contributed by atoms with Crippen molar-refractivity contribution >= 4 is 0 Å². The Balaban J connectivity index is 1.49. The van der Waals surface area contributed by atoms with Gasteiger partial charge in [-0.15, -0.1) is 0 Å². The molecule has 0 spiro atoms. The van der Waals surface area contributed by atoms with Gasteiger partial charge in [0.05, 0.1) is 20.8 Å². The van der Waals surface area contributed by atoms with Crippen LogP contribution in [0.25, 0.3) is 0 Å². The van der Waals surface area contributed by atoms with Crippen LogP contribution in [0.5, 0.6) is 11.5 Å². The van der Waals surface area contributed by atoms with Gasteiger partial charge in [0.25, 0.3) is 0 Å². The van der Waals surface area contributed by atoms with Crippen molar-refractivity contribution in [1.82, 2.24) is 19.9 Å². The van der Waals surface area contributed by atoms with Crippen molar-refractivity contribution in [1.29, 1.82) is 0 Å². The second-order valence-corrected chi connectivity index (χ2v) is 6.60. The number of benzene rings is 1. The highest BCUT2D eigenvalue weighted by atomic mass is 16.5. The van der Waals surface area contributed by atoms with Gasteiger partial charge < -0.3 is 14.0 Å². The number of hydrogen-bond acceptors (Lipinski definition) is 7. The summed E-state index contributed by atoms with van der Waals surface area (Å²) in [6.07, 6.45) is 1.91. The van der Waals surface area contributed by atoms with Crippen LogP contribution in [0.1, 0.15) is 30.6 Å². The fraction of sp³-hybridized carbons (Fsp3) is 0.579. The molecule has 2 aromatic rings. The first-order chi connectivity index (χ1) is 12.7. The standard InChI is InChI=1S/C19H28N4O3/c1-4-5-18-20-19(26-21-18)14-23-10-8-22(9-11-23)13-15-6-7-16(24-2)17(12-15)25-3/h6-7,12H,4-5,8-11,13-14H2,1-3H3. The van der Waals surface area contributed by atoms with Crippen LogP contribution in [-0.2, 0) is 19.5 Å².